The molecule has 0 amide bonds. The molecule has 0 aliphatic carbocycles. The highest BCUT2D eigenvalue weighted by Gasteiger charge is 2.17. The van der Waals surface area contributed by atoms with Crippen molar-refractivity contribution in [2.45, 2.75) is 34.6 Å². The van der Waals surface area contributed by atoms with Gasteiger partial charge in [-0.05, 0) is 56.9 Å². The summed E-state index contributed by atoms with van der Waals surface area (Å²) in [5.74, 6) is 0.796. The Bertz CT molecular complexity index is 556. The van der Waals surface area contributed by atoms with Crippen molar-refractivity contribution in [3.63, 3.8) is 0 Å². The number of hydrogen-bond donors (Lipinski definition) is 1. The third kappa shape index (κ3) is 1.82. The molecule has 90 valence electrons. The molecular formula is C14H18N2O. The van der Waals surface area contributed by atoms with E-state index in [2.05, 4.69) is 38.7 Å². The van der Waals surface area contributed by atoms with E-state index in [4.69, 9.17) is 10.2 Å². The van der Waals surface area contributed by atoms with Crippen LogP contribution in [-0.4, -0.2) is 4.98 Å². The molecule has 0 atom stereocenters. The number of nitrogens with two attached hydrogens (primary N) is 1. The highest BCUT2D eigenvalue weighted by atomic mass is 16.4. The zero-order valence-corrected chi connectivity index (χ0v) is 11.0. The summed E-state index contributed by atoms with van der Waals surface area (Å²) in [5.41, 5.74) is 12.6. The minimum atomic E-state index is 0.232. The summed E-state index contributed by atoms with van der Waals surface area (Å²) in [7, 11) is 0. The molecule has 1 heterocycles. The van der Waals surface area contributed by atoms with E-state index in [1.54, 1.807) is 0 Å². The summed E-state index contributed by atoms with van der Waals surface area (Å²) in [6.45, 7) is 10.4. The lowest BCUT2D eigenvalue weighted by atomic mass is 9.92. The standard InChI is InChI=1S/C14H18N2O/c1-7-6-8(2)10(4)12(9(7)3)13-11(5)16-14(15)17-13/h6H,1-5H3,(H2,15,16). The van der Waals surface area contributed by atoms with Crippen molar-refractivity contribution in [3.05, 3.63) is 34.0 Å². The molecule has 3 heteroatoms. The molecule has 0 aliphatic heterocycles. The van der Waals surface area contributed by atoms with Gasteiger partial charge in [0.2, 0.25) is 0 Å². The van der Waals surface area contributed by atoms with Crippen LogP contribution in [0.2, 0.25) is 0 Å². The van der Waals surface area contributed by atoms with Gasteiger partial charge in [-0.1, -0.05) is 6.07 Å². The SMILES string of the molecule is Cc1cc(C)c(C)c(-c2oc(N)nc2C)c1C. The maximum absolute atomic E-state index is 5.62. The van der Waals surface area contributed by atoms with Crippen molar-refractivity contribution >= 4 is 6.01 Å². The van der Waals surface area contributed by atoms with Gasteiger partial charge in [0.1, 0.15) is 0 Å². The lowest BCUT2D eigenvalue weighted by Gasteiger charge is -2.13. The van der Waals surface area contributed by atoms with Gasteiger partial charge >= 0.3 is 0 Å². The highest BCUT2D eigenvalue weighted by molar-refractivity contribution is 5.71. The molecule has 1 aromatic carbocycles. The second-order valence-electron chi connectivity index (χ2n) is 4.60. The zero-order chi connectivity index (χ0) is 12.7. The van der Waals surface area contributed by atoms with E-state index in [0.29, 0.717) is 0 Å². The zero-order valence-electron chi connectivity index (χ0n) is 11.0. The third-order valence-electron chi connectivity index (χ3n) is 3.41. The van der Waals surface area contributed by atoms with Crippen LogP contribution in [0.3, 0.4) is 0 Å². The average molecular weight is 230 g/mol. The van der Waals surface area contributed by atoms with Gasteiger partial charge in [-0.3, -0.25) is 0 Å². The molecule has 17 heavy (non-hydrogen) atoms. The molecule has 2 N–H and O–H groups in total. The van der Waals surface area contributed by atoms with Crippen molar-refractivity contribution in [1.82, 2.24) is 4.98 Å². The fourth-order valence-electron chi connectivity index (χ4n) is 2.21. The molecule has 0 aliphatic rings. The number of hydrogen-bond acceptors (Lipinski definition) is 3. The Morgan fingerprint density at radius 2 is 1.53 bits per heavy atom. The van der Waals surface area contributed by atoms with E-state index in [9.17, 15) is 0 Å². The van der Waals surface area contributed by atoms with E-state index in [0.717, 1.165) is 17.0 Å². The van der Waals surface area contributed by atoms with Gasteiger partial charge in [0.15, 0.2) is 5.76 Å². The molecule has 1 aromatic heterocycles. The lowest BCUT2D eigenvalue weighted by molar-refractivity contribution is 0.593. The van der Waals surface area contributed by atoms with Crippen molar-refractivity contribution in [1.29, 1.82) is 0 Å². The minimum Gasteiger partial charge on any atom is -0.423 e. The van der Waals surface area contributed by atoms with E-state index in [1.165, 1.54) is 22.3 Å². The number of anilines is 1. The number of rotatable bonds is 1. The van der Waals surface area contributed by atoms with Gasteiger partial charge in [-0.2, -0.15) is 4.98 Å². The number of aryl methyl sites for hydroxylation is 3. The Morgan fingerprint density at radius 1 is 1.00 bits per heavy atom. The predicted octanol–water partition coefficient (Wildman–Crippen LogP) is 3.47. The number of nitrogen functional groups attached to an aromatic ring is 1. The van der Waals surface area contributed by atoms with Crippen LogP contribution in [0.15, 0.2) is 10.5 Å². The van der Waals surface area contributed by atoms with E-state index in [1.807, 2.05) is 6.92 Å². The third-order valence-corrected chi connectivity index (χ3v) is 3.41. The molecule has 0 saturated heterocycles. The van der Waals surface area contributed by atoms with Crippen LogP contribution in [0, 0.1) is 34.6 Å². The van der Waals surface area contributed by atoms with E-state index in [-0.39, 0.29) is 6.01 Å². The van der Waals surface area contributed by atoms with Crippen LogP contribution in [0.25, 0.3) is 11.3 Å². The summed E-state index contributed by atoms with van der Waals surface area (Å²) >= 11 is 0. The molecule has 0 fully saturated rings. The fraction of sp³-hybridized carbons (Fsp3) is 0.357. The summed E-state index contributed by atoms with van der Waals surface area (Å²) < 4.78 is 5.54. The van der Waals surface area contributed by atoms with Crippen LogP contribution in [-0.2, 0) is 0 Å². The number of nitrogens with zero attached hydrogens (tertiary/aromatic N) is 1. The fourth-order valence-corrected chi connectivity index (χ4v) is 2.21. The molecule has 0 spiro atoms. The molecule has 0 saturated carbocycles. The molecule has 0 radical (unpaired) electrons. The molecule has 0 bridgehead atoms. The smallest absolute Gasteiger partial charge is 0.292 e. The summed E-state index contributed by atoms with van der Waals surface area (Å²) in [6, 6.07) is 2.43. The van der Waals surface area contributed by atoms with Crippen molar-refractivity contribution in [2.24, 2.45) is 0 Å². The molecule has 3 nitrogen and oxygen atoms in total. The molecule has 0 unspecified atom stereocenters. The predicted molar refractivity (Wildman–Crippen MR) is 70.0 cm³/mol. The van der Waals surface area contributed by atoms with Gasteiger partial charge in [-0.15, -0.1) is 0 Å². The number of benzene rings is 1. The first-order chi connectivity index (χ1) is 7.91. The second kappa shape index (κ2) is 3.91. The van der Waals surface area contributed by atoms with Gasteiger partial charge < -0.3 is 10.2 Å². The first-order valence-corrected chi connectivity index (χ1v) is 5.72. The van der Waals surface area contributed by atoms with Crippen molar-refractivity contribution < 1.29 is 4.42 Å². The maximum atomic E-state index is 5.62. The number of oxazole rings is 1. The minimum absolute atomic E-state index is 0.232. The van der Waals surface area contributed by atoms with Crippen LogP contribution < -0.4 is 5.73 Å². The first kappa shape index (κ1) is 11.7. The summed E-state index contributed by atoms with van der Waals surface area (Å²) in [5, 5.41) is 0. The largest absolute Gasteiger partial charge is 0.423 e. The highest BCUT2D eigenvalue weighted by Crippen LogP contribution is 2.34. The maximum Gasteiger partial charge on any atom is 0.292 e. The van der Waals surface area contributed by atoms with Gasteiger partial charge in [0.25, 0.3) is 6.01 Å². The van der Waals surface area contributed by atoms with E-state index < -0.39 is 0 Å². The lowest BCUT2D eigenvalue weighted by Crippen LogP contribution is -1.95. The van der Waals surface area contributed by atoms with Crippen LogP contribution in [0.4, 0.5) is 6.01 Å². The van der Waals surface area contributed by atoms with Crippen molar-refractivity contribution in [2.75, 3.05) is 5.73 Å². The number of aromatic nitrogens is 1. The van der Waals surface area contributed by atoms with E-state index >= 15 is 0 Å². The van der Waals surface area contributed by atoms with Crippen LogP contribution >= 0.6 is 0 Å². The van der Waals surface area contributed by atoms with Gasteiger partial charge in [0, 0.05) is 5.56 Å². The molecule has 2 aromatic rings. The van der Waals surface area contributed by atoms with Gasteiger partial charge in [0.05, 0.1) is 5.69 Å². The monoisotopic (exact) mass is 230 g/mol. The Balaban J connectivity index is 2.79. The average Bonchev–Trinajstić information content (AvgIpc) is 2.56. The Morgan fingerprint density at radius 3 is 1.94 bits per heavy atom. The Kier molecular flexibility index (Phi) is 2.69. The van der Waals surface area contributed by atoms with Crippen molar-refractivity contribution in [3.8, 4) is 11.3 Å². The Hall–Kier alpha value is -1.77. The van der Waals surface area contributed by atoms with Crippen LogP contribution in [0.1, 0.15) is 27.9 Å². The second-order valence-corrected chi connectivity index (χ2v) is 4.60. The Labute approximate surface area is 102 Å². The molecule has 2 rings (SSSR count). The van der Waals surface area contributed by atoms with Gasteiger partial charge in [-0.25, -0.2) is 0 Å². The topological polar surface area (TPSA) is 52.0 Å². The summed E-state index contributed by atoms with van der Waals surface area (Å²) in [4.78, 5) is 4.14. The quantitative estimate of drug-likeness (QED) is 0.816. The molecular weight excluding hydrogens is 212 g/mol. The van der Waals surface area contributed by atoms with Crippen LogP contribution in [0.5, 0.6) is 0 Å². The summed E-state index contributed by atoms with van der Waals surface area (Å²) in [6.07, 6.45) is 0. The first-order valence-electron chi connectivity index (χ1n) is 5.72. The normalized spacial score (nSPS) is 10.9.